The van der Waals surface area contributed by atoms with E-state index in [4.69, 9.17) is 5.26 Å². The Morgan fingerprint density at radius 1 is 1.31 bits per heavy atom. The lowest BCUT2D eigenvalue weighted by atomic mass is 10.0. The molecule has 1 rings (SSSR count). The molecule has 0 saturated heterocycles. The van der Waals surface area contributed by atoms with Crippen molar-refractivity contribution < 1.29 is 0 Å². The van der Waals surface area contributed by atoms with E-state index in [1.54, 1.807) is 0 Å². The molecule has 0 aliphatic carbocycles. The SMILES string of the molecule is CCSc1ccc(C(CC#N)N(C)C)cc1. The summed E-state index contributed by atoms with van der Waals surface area (Å²) in [6, 6.07) is 11.0. The van der Waals surface area contributed by atoms with Crippen LogP contribution in [-0.4, -0.2) is 24.7 Å². The molecule has 2 nitrogen and oxygen atoms in total. The van der Waals surface area contributed by atoms with Gasteiger partial charge in [0.2, 0.25) is 0 Å². The van der Waals surface area contributed by atoms with Crippen LogP contribution in [-0.2, 0) is 0 Å². The van der Waals surface area contributed by atoms with Gasteiger partial charge in [-0.15, -0.1) is 11.8 Å². The van der Waals surface area contributed by atoms with Crippen molar-refractivity contribution >= 4 is 11.8 Å². The monoisotopic (exact) mass is 234 g/mol. The van der Waals surface area contributed by atoms with E-state index in [2.05, 4.69) is 42.2 Å². The number of rotatable bonds is 5. The van der Waals surface area contributed by atoms with E-state index >= 15 is 0 Å². The van der Waals surface area contributed by atoms with Crippen LogP contribution in [0.1, 0.15) is 24.9 Å². The van der Waals surface area contributed by atoms with E-state index in [0.29, 0.717) is 6.42 Å². The van der Waals surface area contributed by atoms with E-state index < -0.39 is 0 Å². The summed E-state index contributed by atoms with van der Waals surface area (Å²) in [5.41, 5.74) is 1.21. The lowest BCUT2D eigenvalue weighted by molar-refractivity contribution is 0.303. The molecule has 0 saturated carbocycles. The summed E-state index contributed by atoms with van der Waals surface area (Å²) in [5.74, 6) is 1.09. The highest BCUT2D eigenvalue weighted by atomic mass is 32.2. The van der Waals surface area contributed by atoms with Crippen LogP contribution in [0.2, 0.25) is 0 Å². The quantitative estimate of drug-likeness (QED) is 0.731. The largest absolute Gasteiger partial charge is 0.301 e. The molecule has 0 N–H and O–H groups in total. The van der Waals surface area contributed by atoms with Gasteiger partial charge >= 0.3 is 0 Å². The van der Waals surface area contributed by atoms with E-state index in [0.717, 1.165) is 5.75 Å². The molecular formula is C13H18N2S. The van der Waals surface area contributed by atoms with Crippen molar-refractivity contribution in [3.8, 4) is 6.07 Å². The lowest BCUT2D eigenvalue weighted by Gasteiger charge is -2.22. The Balaban J connectivity index is 2.82. The first-order chi connectivity index (χ1) is 7.69. The Kier molecular flexibility index (Phi) is 5.37. The minimum Gasteiger partial charge on any atom is -0.301 e. The average Bonchev–Trinajstić information content (AvgIpc) is 2.27. The van der Waals surface area contributed by atoms with Gasteiger partial charge in [0.1, 0.15) is 0 Å². The predicted molar refractivity (Wildman–Crippen MR) is 69.5 cm³/mol. The van der Waals surface area contributed by atoms with Crippen molar-refractivity contribution in [1.29, 1.82) is 5.26 Å². The third kappa shape index (κ3) is 3.55. The number of thioether (sulfide) groups is 1. The average molecular weight is 234 g/mol. The maximum Gasteiger partial charge on any atom is 0.0641 e. The molecule has 1 aromatic rings. The highest BCUT2D eigenvalue weighted by Crippen LogP contribution is 2.24. The molecule has 0 aromatic heterocycles. The van der Waals surface area contributed by atoms with Crippen molar-refractivity contribution in [2.45, 2.75) is 24.3 Å². The zero-order valence-electron chi connectivity index (χ0n) is 10.1. The van der Waals surface area contributed by atoms with E-state index in [1.165, 1.54) is 10.5 Å². The summed E-state index contributed by atoms with van der Waals surface area (Å²) < 4.78 is 0. The number of hydrogen-bond donors (Lipinski definition) is 0. The topological polar surface area (TPSA) is 27.0 Å². The van der Waals surface area contributed by atoms with Gasteiger partial charge in [-0.1, -0.05) is 19.1 Å². The molecule has 0 bridgehead atoms. The van der Waals surface area contributed by atoms with Gasteiger partial charge in [0.25, 0.3) is 0 Å². The summed E-state index contributed by atoms with van der Waals surface area (Å²) in [5, 5.41) is 8.80. The standard InChI is InChI=1S/C13H18N2S/c1-4-16-12-7-5-11(6-8-12)13(9-10-14)15(2)3/h5-8,13H,4,9H2,1-3H3. The van der Waals surface area contributed by atoms with E-state index in [-0.39, 0.29) is 6.04 Å². The molecule has 1 unspecified atom stereocenters. The van der Waals surface area contributed by atoms with Crippen molar-refractivity contribution in [1.82, 2.24) is 4.90 Å². The van der Waals surface area contributed by atoms with Crippen LogP contribution in [0.5, 0.6) is 0 Å². The number of nitrogens with zero attached hydrogens (tertiary/aromatic N) is 2. The second kappa shape index (κ2) is 6.57. The Hall–Kier alpha value is -0.980. The van der Waals surface area contributed by atoms with Gasteiger partial charge in [-0.25, -0.2) is 0 Å². The molecular weight excluding hydrogens is 216 g/mol. The molecule has 86 valence electrons. The Bertz CT molecular complexity index is 351. The van der Waals surface area contributed by atoms with Gasteiger partial charge in [0, 0.05) is 10.9 Å². The Labute approximate surface area is 102 Å². The highest BCUT2D eigenvalue weighted by Gasteiger charge is 2.13. The molecule has 16 heavy (non-hydrogen) atoms. The van der Waals surface area contributed by atoms with Crippen molar-refractivity contribution in [2.75, 3.05) is 19.8 Å². The summed E-state index contributed by atoms with van der Waals surface area (Å²) in [4.78, 5) is 3.38. The minimum absolute atomic E-state index is 0.200. The molecule has 0 spiro atoms. The lowest BCUT2D eigenvalue weighted by Crippen LogP contribution is -2.19. The Morgan fingerprint density at radius 2 is 1.94 bits per heavy atom. The van der Waals surface area contributed by atoms with Crippen molar-refractivity contribution in [2.24, 2.45) is 0 Å². The summed E-state index contributed by atoms with van der Waals surface area (Å²) >= 11 is 1.84. The summed E-state index contributed by atoms with van der Waals surface area (Å²) in [7, 11) is 4.02. The first-order valence-electron chi connectivity index (χ1n) is 5.45. The predicted octanol–water partition coefficient (Wildman–Crippen LogP) is 3.31. The van der Waals surface area contributed by atoms with E-state index in [9.17, 15) is 0 Å². The maximum absolute atomic E-state index is 8.80. The smallest absolute Gasteiger partial charge is 0.0641 e. The minimum atomic E-state index is 0.200. The molecule has 3 heteroatoms. The second-order valence-electron chi connectivity index (χ2n) is 3.84. The van der Waals surface area contributed by atoms with Crippen LogP contribution in [0.25, 0.3) is 0 Å². The Morgan fingerprint density at radius 3 is 2.38 bits per heavy atom. The second-order valence-corrected chi connectivity index (χ2v) is 5.18. The van der Waals surface area contributed by atoms with Crippen LogP contribution in [0.4, 0.5) is 0 Å². The van der Waals surface area contributed by atoms with Crippen LogP contribution < -0.4 is 0 Å². The van der Waals surface area contributed by atoms with Crippen LogP contribution in [0.3, 0.4) is 0 Å². The van der Waals surface area contributed by atoms with Gasteiger partial charge in [-0.05, 0) is 37.5 Å². The van der Waals surface area contributed by atoms with Crippen molar-refractivity contribution in [3.05, 3.63) is 29.8 Å². The molecule has 0 aliphatic rings. The van der Waals surface area contributed by atoms with Crippen LogP contribution in [0, 0.1) is 11.3 Å². The first kappa shape index (κ1) is 13.1. The molecule has 0 amide bonds. The summed E-state index contributed by atoms with van der Waals surface area (Å²) in [6.45, 7) is 2.15. The van der Waals surface area contributed by atoms with Gasteiger partial charge in [-0.2, -0.15) is 5.26 Å². The van der Waals surface area contributed by atoms with Gasteiger partial charge < -0.3 is 4.90 Å². The van der Waals surface area contributed by atoms with Crippen molar-refractivity contribution in [3.63, 3.8) is 0 Å². The zero-order chi connectivity index (χ0) is 12.0. The van der Waals surface area contributed by atoms with E-state index in [1.807, 2.05) is 25.9 Å². The van der Waals surface area contributed by atoms with Gasteiger partial charge in [-0.3, -0.25) is 0 Å². The third-order valence-corrected chi connectivity index (χ3v) is 3.38. The zero-order valence-corrected chi connectivity index (χ0v) is 10.9. The normalized spacial score (nSPS) is 12.4. The van der Waals surface area contributed by atoms with Crippen LogP contribution in [0.15, 0.2) is 29.2 Å². The fourth-order valence-electron chi connectivity index (χ4n) is 1.64. The maximum atomic E-state index is 8.80. The number of nitriles is 1. The molecule has 0 aliphatic heterocycles. The van der Waals surface area contributed by atoms with Gasteiger partial charge in [0.05, 0.1) is 12.5 Å². The molecule has 1 aromatic carbocycles. The number of hydrogen-bond acceptors (Lipinski definition) is 3. The molecule has 0 heterocycles. The first-order valence-corrected chi connectivity index (χ1v) is 6.43. The summed E-state index contributed by atoms with van der Waals surface area (Å²) in [6.07, 6.45) is 0.535. The highest BCUT2D eigenvalue weighted by molar-refractivity contribution is 7.99. The fraction of sp³-hybridized carbons (Fsp3) is 0.462. The molecule has 0 fully saturated rings. The van der Waals surface area contributed by atoms with Gasteiger partial charge in [0.15, 0.2) is 0 Å². The molecule has 1 atom stereocenters. The number of benzene rings is 1. The van der Waals surface area contributed by atoms with Crippen LogP contribution >= 0.6 is 11.8 Å². The third-order valence-electron chi connectivity index (χ3n) is 2.48. The fourth-order valence-corrected chi connectivity index (χ4v) is 2.30. The molecule has 0 radical (unpaired) electrons.